The summed E-state index contributed by atoms with van der Waals surface area (Å²) in [6, 6.07) is 8.68. The van der Waals surface area contributed by atoms with Crippen LogP contribution in [-0.2, 0) is 4.79 Å². The van der Waals surface area contributed by atoms with Crippen LogP contribution >= 0.6 is 11.8 Å². The number of hydrogen-bond donors (Lipinski definition) is 1. The number of hydrogen-bond acceptors (Lipinski definition) is 4. The molecule has 0 radical (unpaired) electrons. The second-order valence-electron chi connectivity index (χ2n) is 5.45. The van der Waals surface area contributed by atoms with Gasteiger partial charge in [-0.1, -0.05) is 12.1 Å². The molecule has 1 N–H and O–H groups in total. The maximum Gasteiger partial charge on any atom is 0.241 e. The van der Waals surface area contributed by atoms with Crippen LogP contribution in [0.2, 0.25) is 0 Å². The van der Waals surface area contributed by atoms with E-state index in [1.54, 1.807) is 0 Å². The molecular weight excluding hydrogens is 270 g/mol. The average molecular weight is 291 g/mol. The molecule has 2 heterocycles. The molecule has 1 fully saturated rings. The molecule has 0 aromatic heterocycles. The van der Waals surface area contributed by atoms with Crippen molar-refractivity contribution < 1.29 is 4.79 Å². The fourth-order valence-electron chi connectivity index (χ4n) is 2.86. The predicted molar refractivity (Wildman–Crippen MR) is 83.4 cm³/mol. The SMILES string of the molecule is C[C@@H]1CN(CC(=O)N2CCSc3ccccc32)CCN1. The van der Waals surface area contributed by atoms with Gasteiger partial charge >= 0.3 is 0 Å². The summed E-state index contributed by atoms with van der Waals surface area (Å²) in [5.74, 6) is 1.22. The van der Waals surface area contributed by atoms with Gasteiger partial charge in [0.25, 0.3) is 0 Å². The number of benzene rings is 1. The Labute approximate surface area is 124 Å². The van der Waals surface area contributed by atoms with Gasteiger partial charge in [0.2, 0.25) is 5.91 Å². The molecule has 0 bridgehead atoms. The molecule has 0 spiro atoms. The second-order valence-corrected chi connectivity index (χ2v) is 6.59. The lowest BCUT2D eigenvalue weighted by molar-refractivity contribution is -0.120. The fourth-order valence-corrected chi connectivity index (χ4v) is 3.86. The highest BCUT2D eigenvalue weighted by molar-refractivity contribution is 7.99. The summed E-state index contributed by atoms with van der Waals surface area (Å²) in [4.78, 5) is 18.0. The van der Waals surface area contributed by atoms with Crippen molar-refractivity contribution in [1.29, 1.82) is 0 Å². The number of amides is 1. The zero-order chi connectivity index (χ0) is 13.9. The molecule has 2 aliphatic rings. The van der Waals surface area contributed by atoms with E-state index in [0.29, 0.717) is 12.6 Å². The molecule has 1 atom stereocenters. The van der Waals surface area contributed by atoms with Crippen LogP contribution in [0, 0.1) is 0 Å². The van der Waals surface area contributed by atoms with Crippen LogP contribution in [0.25, 0.3) is 0 Å². The standard InChI is InChI=1S/C15H21N3OS/c1-12-10-17(7-6-16-12)11-15(19)18-8-9-20-14-5-3-2-4-13(14)18/h2-5,12,16H,6-11H2,1H3/t12-/m1/s1. The summed E-state index contributed by atoms with van der Waals surface area (Å²) >= 11 is 1.84. The van der Waals surface area contributed by atoms with Crippen molar-refractivity contribution in [2.75, 3.05) is 43.4 Å². The summed E-state index contributed by atoms with van der Waals surface area (Å²) in [6.45, 7) is 6.41. The van der Waals surface area contributed by atoms with Crippen LogP contribution < -0.4 is 10.2 Å². The lowest BCUT2D eigenvalue weighted by atomic mass is 10.2. The first-order chi connectivity index (χ1) is 9.74. The Balaban J connectivity index is 1.69. The maximum atomic E-state index is 12.6. The van der Waals surface area contributed by atoms with Gasteiger partial charge in [0.1, 0.15) is 0 Å². The number of rotatable bonds is 2. The van der Waals surface area contributed by atoms with Gasteiger partial charge in [0.05, 0.1) is 12.2 Å². The zero-order valence-electron chi connectivity index (χ0n) is 11.8. The minimum Gasteiger partial charge on any atom is -0.312 e. The highest BCUT2D eigenvalue weighted by atomic mass is 32.2. The number of carbonyl (C=O) groups is 1. The molecule has 4 nitrogen and oxygen atoms in total. The minimum atomic E-state index is 0.229. The number of thioether (sulfide) groups is 1. The molecule has 0 unspecified atom stereocenters. The second kappa shape index (κ2) is 6.16. The normalized spacial score (nSPS) is 23.4. The number of piperazine rings is 1. The predicted octanol–water partition coefficient (Wildman–Crippen LogP) is 1.42. The van der Waals surface area contributed by atoms with E-state index in [9.17, 15) is 4.79 Å². The zero-order valence-corrected chi connectivity index (χ0v) is 12.7. The summed E-state index contributed by atoms with van der Waals surface area (Å²) < 4.78 is 0. The largest absolute Gasteiger partial charge is 0.312 e. The molecule has 0 saturated carbocycles. The van der Waals surface area contributed by atoms with Crippen molar-refractivity contribution in [2.45, 2.75) is 17.9 Å². The number of nitrogens with zero attached hydrogens (tertiary/aromatic N) is 2. The first-order valence-electron chi connectivity index (χ1n) is 7.22. The van der Waals surface area contributed by atoms with Crippen molar-refractivity contribution in [3.63, 3.8) is 0 Å². The van der Waals surface area contributed by atoms with E-state index in [2.05, 4.69) is 29.3 Å². The van der Waals surface area contributed by atoms with Crippen molar-refractivity contribution in [3.05, 3.63) is 24.3 Å². The summed E-state index contributed by atoms with van der Waals surface area (Å²) in [7, 11) is 0. The Morgan fingerprint density at radius 1 is 1.40 bits per heavy atom. The van der Waals surface area contributed by atoms with Crippen LogP contribution in [-0.4, -0.2) is 55.3 Å². The number of fused-ring (bicyclic) bond motifs is 1. The lowest BCUT2D eigenvalue weighted by Crippen LogP contribution is -2.52. The fraction of sp³-hybridized carbons (Fsp3) is 0.533. The van der Waals surface area contributed by atoms with E-state index in [-0.39, 0.29) is 5.91 Å². The van der Waals surface area contributed by atoms with Crippen LogP contribution in [0.5, 0.6) is 0 Å². The smallest absolute Gasteiger partial charge is 0.241 e. The molecule has 108 valence electrons. The van der Waals surface area contributed by atoms with Gasteiger partial charge in [0.15, 0.2) is 0 Å². The molecule has 1 saturated heterocycles. The number of nitrogens with one attached hydrogen (secondary N) is 1. The Morgan fingerprint density at radius 2 is 2.25 bits per heavy atom. The van der Waals surface area contributed by atoms with Gasteiger partial charge in [0, 0.05) is 42.9 Å². The van der Waals surface area contributed by atoms with Gasteiger partial charge in [-0.3, -0.25) is 9.69 Å². The number of para-hydroxylation sites is 1. The van der Waals surface area contributed by atoms with E-state index >= 15 is 0 Å². The first-order valence-corrected chi connectivity index (χ1v) is 8.20. The molecule has 1 aromatic carbocycles. The topological polar surface area (TPSA) is 35.6 Å². The quantitative estimate of drug-likeness (QED) is 0.894. The van der Waals surface area contributed by atoms with E-state index in [4.69, 9.17) is 0 Å². The van der Waals surface area contributed by atoms with Crippen LogP contribution in [0.4, 0.5) is 5.69 Å². The van der Waals surface area contributed by atoms with Crippen molar-refractivity contribution in [3.8, 4) is 0 Å². The highest BCUT2D eigenvalue weighted by Gasteiger charge is 2.25. The monoisotopic (exact) mass is 291 g/mol. The maximum absolute atomic E-state index is 12.6. The van der Waals surface area contributed by atoms with Crippen molar-refractivity contribution in [1.82, 2.24) is 10.2 Å². The Kier molecular flexibility index (Phi) is 4.29. The third-order valence-corrected chi connectivity index (χ3v) is 4.88. The van der Waals surface area contributed by atoms with Gasteiger partial charge < -0.3 is 10.2 Å². The van der Waals surface area contributed by atoms with Crippen molar-refractivity contribution in [2.24, 2.45) is 0 Å². The molecule has 5 heteroatoms. The Hall–Kier alpha value is -1.04. The average Bonchev–Trinajstić information content (AvgIpc) is 2.46. The van der Waals surface area contributed by atoms with Gasteiger partial charge in [-0.05, 0) is 19.1 Å². The van der Waals surface area contributed by atoms with Crippen LogP contribution in [0.15, 0.2) is 29.2 Å². The summed E-state index contributed by atoms with van der Waals surface area (Å²) in [6.07, 6.45) is 0. The summed E-state index contributed by atoms with van der Waals surface area (Å²) in [5.41, 5.74) is 1.08. The van der Waals surface area contributed by atoms with Crippen LogP contribution in [0.3, 0.4) is 0 Å². The third kappa shape index (κ3) is 3.00. The molecule has 1 aromatic rings. The molecule has 2 aliphatic heterocycles. The minimum absolute atomic E-state index is 0.229. The number of carbonyl (C=O) groups excluding carboxylic acids is 1. The van der Waals surface area contributed by atoms with Gasteiger partial charge in [-0.2, -0.15) is 0 Å². The molecule has 1 amide bonds. The lowest BCUT2D eigenvalue weighted by Gasteiger charge is -2.34. The van der Waals surface area contributed by atoms with E-state index in [1.165, 1.54) is 4.90 Å². The number of anilines is 1. The molecule has 20 heavy (non-hydrogen) atoms. The third-order valence-electron chi connectivity index (χ3n) is 3.84. The molecule has 0 aliphatic carbocycles. The van der Waals surface area contributed by atoms with E-state index in [1.807, 2.05) is 28.8 Å². The van der Waals surface area contributed by atoms with Gasteiger partial charge in [-0.15, -0.1) is 11.8 Å². The van der Waals surface area contributed by atoms with E-state index in [0.717, 1.165) is 37.6 Å². The Bertz CT molecular complexity index is 494. The highest BCUT2D eigenvalue weighted by Crippen LogP contribution is 2.34. The molecular formula is C15H21N3OS. The van der Waals surface area contributed by atoms with Crippen LogP contribution in [0.1, 0.15) is 6.92 Å². The first kappa shape index (κ1) is 13.9. The van der Waals surface area contributed by atoms with Crippen molar-refractivity contribution >= 4 is 23.4 Å². The van der Waals surface area contributed by atoms with E-state index < -0.39 is 0 Å². The summed E-state index contributed by atoms with van der Waals surface area (Å²) in [5, 5.41) is 3.41. The molecule has 3 rings (SSSR count). The Morgan fingerprint density at radius 3 is 3.10 bits per heavy atom. The van der Waals surface area contributed by atoms with Gasteiger partial charge in [-0.25, -0.2) is 0 Å².